The van der Waals surface area contributed by atoms with Crippen LogP contribution >= 0.6 is 11.3 Å². The van der Waals surface area contributed by atoms with Crippen molar-refractivity contribution in [1.29, 1.82) is 0 Å². The molecule has 0 saturated carbocycles. The number of carbonyl (C=O) groups is 2. The first kappa shape index (κ1) is 21.7. The Hall–Kier alpha value is -3.04. The van der Waals surface area contributed by atoms with Gasteiger partial charge in [-0.3, -0.25) is 14.3 Å². The van der Waals surface area contributed by atoms with Gasteiger partial charge in [-0.2, -0.15) is 0 Å². The third kappa shape index (κ3) is 5.74. The largest absolute Gasteiger partial charge is 0.326 e. The van der Waals surface area contributed by atoms with Crippen molar-refractivity contribution in [3.63, 3.8) is 0 Å². The number of Topliss-reactive ketones (excluding diaryl/α,β-unsaturated/α-hetero) is 1. The fourth-order valence-electron chi connectivity index (χ4n) is 2.64. The Morgan fingerprint density at radius 2 is 1.83 bits per heavy atom. The second kappa shape index (κ2) is 9.19. The van der Waals surface area contributed by atoms with Crippen LogP contribution in [0.15, 0.2) is 58.8 Å². The van der Waals surface area contributed by atoms with E-state index in [-0.39, 0.29) is 28.1 Å². The van der Waals surface area contributed by atoms with Crippen molar-refractivity contribution in [2.75, 3.05) is 10.0 Å². The lowest BCUT2D eigenvalue weighted by Gasteiger charge is -2.06. The number of thiazole rings is 1. The minimum absolute atomic E-state index is 0.0748. The zero-order valence-corrected chi connectivity index (χ0v) is 18.1. The summed E-state index contributed by atoms with van der Waals surface area (Å²) in [5.41, 5.74) is 2.67. The number of aromatic nitrogens is 1. The van der Waals surface area contributed by atoms with E-state index >= 15 is 0 Å². The molecule has 0 fully saturated rings. The van der Waals surface area contributed by atoms with Crippen LogP contribution in [-0.4, -0.2) is 25.1 Å². The number of rotatable bonds is 8. The predicted molar refractivity (Wildman–Crippen MR) is 117 cm³/mol. The van der Waals surface area contributed by atoms with E-state index in [0.717, 1.165) is 16.9 Å². The Labute approximate surface area is 179 Å². The number of ketones is 1. The van der Waals surface area contributed by atoms with Crippen molar-refractivity contribution in [2.24, 2.45) is 0 Å². The van der Waals surface area contributed by atoms with Crippen LogP contribution in [0.1, 0.15) is 35.0 Å². The maximum atomic E-state index is 12.4. The second-order valence-electron chi connectivity index (χ2n) is 6.75. The van der Waals surface area contributed by atoms with Crippen molar-refractivity contribution >= 4 is 43.9 Å². The molecule has 1 aromatic heterocycles. The SMILES string of the molecule is CC(=O)c1cccc(NC(=O)CCc2csc(NS(=O)(=O)c3ccc(C)cc3)n2)c1. The number of hydrogen-bond acceptors (Lipinski definition) is 6. The van der Waals surface area contributed by atoms with Gasteiger partial charge in [0.2, 0.25) is 5.91 Å². The van der Waals surface area contributed by atoms with Crippen LogP contribution < -0.4 is 10.0 Å². The maximum absolute atomic E-state index is 12.4. The molecule has 0 aliphatic heterocycles. The lowest BCUT2D eigenvalue weighted by molar-refractivity contribution is -0.116. The summed E-state index contributed by atoms with van der Waals surface area (Å²) in [6, 6.07) is 13.3. The molecule has 1 amide bonds. The van der Waals surface area contributed by atoms with Gasteiger partial charge >= 0.3 is 0 Å². The molecule has 3 aromatic rings. The van der Waals surface area contributed by atoms with Crippen LogP contribution in [0.2, 0.25) is 0 Å². The molecule has 0 atom stereocenters. The summed E-state index contributed by atoms with van der Waals surface area (Å²) in [6.45, 7) is 3.35. The Morgan fingerprint density at radius 3 is 2.53 bits per heavy atom. The Kier molecular flexibility index (Phi) is 6.63. The maximum Gasteiger partial charge on any atom is 0.263 e. The zero-order valence-electron chi connectivity index (χ0n) is 16.5. The molecule has 0 aliphatic carbocycles. The van der Waals surface area contributed by atoms with E-state index in [2.05, 4.69) is 15.0 Å². The lowest BCUT2D eigenvalue weighted by Crippen LogP contribution is -2.13. The highest BCUT2D eigenvalue weighted by atomic mass is 32.2. The fraction of sp³-hybridized carbons (Fsp3) is 0.190. The minimum atomic E-state index is -3.71. The summed E-state index contributed by atoms with van der Waals surface area (Å²) < 4.78 is 27.3. The van der Waals surface area contributed by atoms with Crippen LogP contribution in [0.5, 0.6) is 0 Å². The van der Waals surface area contributed by atoms with E-state index < -0.39 is 10.0 Å². The lowest BCUT2D eigenvalue weighted by atomic mass is 10.1. The van der Waals surface area contributed by atoms with Gasteiger partial charge in [-0.05, 0) is 44.5 Å². The Morgan fingerprint density at radius 1 is 1.10 bits per heavy atom. The molecule has 30 heavy (non-hydrogen) atoms. The standard InChI is InChI=1S/C21H21N3O4S2/c1-14-6-9-19(10-7-14)30(27,28)24-21-23-18(13-29-21)8-11-20(26)22-17-5-3-4-16(12-17)15(2)25/h3-7,9-10,12-13H,8,11H2,1-2H3,(H,22,26)(H,23,24). The molecule has 156 valence electrons. The number of aryl methyl sites for hydroxylation is 2. The molecule has 0 unspecified atom stereocenters. The first-order valence-electron chi connectivity index (χ1n) is 9.18. The summed E-state index contributed by atoms with van der Waals surface area (Å²) in [6.07, 6.45) is 0.541. The van der Waals surface area contributed by atoms with Gasteiger partial charge < -0.3 is 5.32 Å². The quantitative estimate of drug-likeness (QED) is 0.512. The molecule has 1 heterocycles. The summed E-state index contributed by atoms with van der Waals surface area (Å²) in [5, 5.41) is 4.72. The van der Waals surface area contributed by atoms with Crippen LogP contribution in [0.25, 0.3) is 0 Å². The number of amides is 1. The molecule has 0 spiro atoms. The fourth-order valence-corrected chi connectivity index (χ4v) is 4.64. The van der Waals surface area contributed by atoms with Crippen molar-refractivity contribution in [1.82, 2.24) is 4.98 Å². The summed E-state index contributed by atoms with van der Waals surface area (Å²) in [4.78, 5) is 28.0. The van der Waals surface area contributed by atoms with Gasteiger partial charge in [0.1, 0.15) is 0 Å². The summed E-state index contributed by atoms with van der Waals surface area (Å²) >= 11 is 1.16. The molecule has 0 aliphatic rings. The van der Waals surface area contributed by atoms with E-state index in [0.29, 0.717) is 23.4 Å². The topological polar surface area (TPSA) is 105 Å². The van der Waals surface area contributed by atoms with Gasteiger partial charge in [0.25, 0.3) is 10.0 Å². The van der Waals surface area contributed by atoms with Crippen LogP contribution in [0.3, 0.4) is 0 Å². The Bertz CT molecular complexity index is 1170. The smallest absolute Gasteiger partial charge is 0.263 e. The van der Waals surface area contributed by atoms with Gasteiger partial charge in [-0.25, -0.2) is 13.4 Å². The molecule has 2 aromatic carbocycles. The van der Waals surface area contributed by atoms with Crippen molar-refractivity contribution < 1.29 is 18.0 Å². The number of anilines is 2. The molecule has 7 nitrogen and oxygen atoms in total. The number of hydrogen-bond donors (Lipinski definition) is 2. The highest BCUT2D eigenvalue weighted by molar-refractivity contribution is 7.93. The average Bonchev–Trinajstić information content (AvgIpc) is 3.13. The molecule has 0 saturated heterocycles. The van der Waals surface area contributed by atoms with Gasteiger partial charge in [0, 0.05) is 23.1 Å². The van der Waals surface area contributed by atoms with Crippen molar-refractivity contribution in [3.05, 3.63) is 70.7 Å². The number of nitrogens with zero attached hydrogens (tertiary/aromatic N) is 1. The Balaban J connectivity index is 1.56. The molecule has 2 N–H and O–H groups in total. The van der Waals surface area contributed by atoms with Gasteiger partial charge in [0.15, 0.2) is 10.9 Å². The monoisotopic (exact) mass is 443 g/mol. The highest BCUT2D eigenvalue weighted by Gasteiger charge is 2.16. The molecule has 0 radical (unpaired) electrons. The number of carbonyl (C=O) groups excluding carboxylic acids is 2. The van der Waals surface area contributed by atoms with Gasteiger partial charge in [0.05, 0.1) is 10.6 Å². The van der Waals surface area contributed by atoms with Crippen molar-refractivity contribution in [2.45, 2.75) is 31.6 Å². The first-order valence-corrected chi connectivity index (χ1v) is 11.5. The number of sulfonamides is 1. The minimum Gasteiger partial charge on any atom is -0.326 e. The van der Waals surface area contributed by atoms with E-state index in [1.807, 2.05) is 6.92 Å². The highest BCUT2D eigenvalue weighted by Crippen LogP contribution is 2.21. The first-order chi connectivity index (χ1) is 14.2. The molecule has 9 heteroatoms. The molecular formula is C21H21N3O4S2. The van der Waals surface area contributed by atoms with Crippen LogP contribution in [-0.2, 0) is 21.2 Å². The molecule has 3 rings (SSSR count). The predicted octanol–water partition coefficient (Wildman–Crippen LogP) is 4.03. The summed E-state index contributed by atoms with van der Waals surface area (Å²) in [7, 11) is -3.71. The third-order valence-corrected chi connectivity index (χ3v) is 6.56. The third-order valence-electron chi connectivity index (χ3n) is 4.27. The zero-order chi connectivity index (χ0) is 21.7. The van der Waals surface area contributed by atoms with E-state index in [9.17, 15) is 18.0 Å². The molecule has 0 bridgehead atoms. The van der Waals surface area contributed by atoms with E-state index in [4.69, 9.17) is 0 Å². The average molecular weight is 444 g/mol. The second-order valence-corrected chi connectivity index (χ2v) is 9.29. The van der Waals surface area contributed by atoms with Gasteiger partial charge in [-0.1, -0.05) is 29.8 Å². The number of nitrogens with one attached hydrogen (secondary N) is 2. The van der Waals surface area contributed by atoms with E-state index in [1.54, 1.807) is 41.8 Å². The van der Waals surface area contributed by atoms with E-state index in [1.165, 1.54) is 19.1 Å². The van der Waals surface area contributed by atoms with Crippen LogP contribution in [0.4, 0.5) is 10.8 Å². The summed E-state index contributed by atoms with van der Waals surface area (Å²) in [5.74, 6) is -0.292. The molecular weight excluding hydrogens is 422 g/mol. The normalized spacial score (nSPS) is 11.1. The van der Waals surface area contributed by atoms with Gasteiger partial charge in [-0.15, -0.1) is 11.3 Å². The van der Waals surface area contributed by atoms with Crippen molar-refractivity contribution in [3.8, 4) is 0 Å². The van der Waals surface area contributed by atoms with Crippen LogP contribution in [0, 0.1) is 6.92 Å². The number of benzene rings is 2.